The maximum absolute atomic E-state index is 9.36. The summed E-state index contributed by atoms with van der Waals surface area (Å²) < 4.78 is 5.36. The van der Waals surface area contributed by atoms with Crippen molar-refractivity contribution >= 4 is 19.1 Å². The normalized spacial score (nSPS) is 19.6. The molecule has 0 aromatic heterocycles. The minimum Gasteiger partial charge on any atom is -0.481 e. The smallest absolute Gasteiger partial charge is 0.184 e. The van der Waals surface area contributed by atoms with E-state index in [1.165, 1.54) is 5.30 Å². The van der Waals surface area contributed by atoms with E-state index in [2.05, 4.69) is 35.3 Å². The maximum atomic E-state index is 9.36. The molecule has 1 aliphatic heterocycles. The van der Waals surface area contributed by atoms with Crippen LogP contribution in [0.25, 0.3) is 0 Å². The Kier molecular flexibility index (Phi) is 5.32. The lowest BCUT2D eigenvalue weighted by atomic mass is 10.2. The van der Waals surface area contributed by atoms with Gasteiger partial charge in [0.1, 0.15) is 0 Å². The Bertz CT molecular complexity index is 558. The van der Waals surface area contributed by atoms with Crippen molar-refractivity contribution in [3.63, 3.8) is 0 Å². The van der Waals surface area contributed by atoms with Crippen LogP contribution in [0.1, 0.15) is 20.3 Å². The number of benzene rings is 1. The molecule has 0 aliphatic carbocycles. The van der Waals surface area contributed by atoms with Gasteiger partial charge < -0.3 is 4.74 Å². The molecule has 20 heavy (non-hydrogen) atoms. The standard InChI is InChI=1S/C16H19N2OP/c1-3-19-13(2)18-16-9-10-20(12-14(16)11-17)15-7-5-4-6-8-15/h4-8H,3,9-10,12H2,1-2H3. The highest BCUT2D eigenvalue weighted by atomic mass is 31.1. The van der Waals surface area contributed by atoms with Crippen molar-refractivity contribution < 1.29 is 4.74 Å². The fourth-order valence-corrected chi connectivity index (χ4v) is 4.58. The summed E-state index contributed by atoms with van der Waals surface area (Å²) in [4.78, 5) is 4.47. The number of hydrogen-bond acceptors (Lipinski definition) is 3. The molecule has 1 aromatic rings. The fraction of sp³-hybridized carbons (Fsp3) is 0.375. The molecule has 1 heterocycles. The van der Waals surface area contributed by atoms with Gasteiger partial charge in [-0.3, -0.25) is 0 Å². The third kappa shape index (κ3) is 3.68. The molecule has 1 unspecified atom stereocenters. The monoisotopic (exact) mass is 286 g/mol. The van der Waals surface area contributed by atoms with Gasteiger partial charge in [-0.2, -0.15) is 5.26 Å². The molecule has 1 aliphatic rings. The molecule has 0 saturated carbocycles. The lowest BCUT2D eigenvalue weighted by Crippen LogP contribution is -2.13. The van der Waals surface area contributed by atoms with E-state index in [0.29, 0.717) is 12.5 Å². The molecular formula is C16H19N2OP. The molecule has 0 spiro atoms. The van der Waals surface area contributed by atoms with Crippen LogP contribution < -0.4 is 5.30 Å². The summed E-state index contributed by atoms with van der Waals surface area (Å²) in [7, 11) is -0.262. The highest BCUT2D eigenvalue weighted by molar-refractivity contribution is 7.65. The summed E-state index contributed by atoms with van der Waals surface area (Å²) in [5.41, 5.74) is 1.73. The lowest BCUT2D eigenvalue weighted by Gasteiger charge is -2.23. The van der Waals surface area contributed by atoms with Crippen LogP contribution in [0.2, 0.25) is 0 Å². The Labute approximate surface area is 121 Å². The van der Waals surface area contributed by atoms with Gasteiger partial charge >= 0.3 is 0 Å². The van der Waals surface area contributed by atoms with E-state index >= 15 is 0 Å². The molecule has 0 fully saturated rings. The van der Waals surface area contributed by atoms with Gasteiger partial charge in [-0.05, 0) is 24.8 Å². The van der Waals surface area contributed by atoms with E-state index in [1.54, 1.807) is 0 Å². The van der Waals surface area contributed by atoms with Crippen molar-refractivity contribution in [2.45, 2.75) is 20.3 Å². The third-order valence-corrected chi connectivity index (χ3v) is 5.71. The first-order valence-electron chi connectivity index (χ1n) is 6.84. The van der Waals surface area contributed by atoms with Gasteiger partial charge in [-0.25, -0.2) is 4.99 Å². The van der Waals surface area contributed by atoms with Gasteiger partial charge in [0.15, 0.2) is 5.90 Å². The number of ether oxygens (including phenoxy) is 1. The number of nitrogens with zero attached hydrogens (tertiary/aromatic N) is 2. The van der Waals surface area contributed by atoms with Crippen LogP contribution in [-0.2, 0) is 4.74 Å². The van der Waals surface area contributed by atoms with E-state index < -0.39 is 0 Å². The van der Waals surface area contributed by atoms with Crippen LogP contribution in [-0.4, -0.2) is 24.8 Å². The first-order valence-corrected chi connectivity index (χ1v) is 8.56. The minimum atomic E-state index is -0.262. The fourth-order valence-electron chi connectivity index (χ4n) is 2.27. The van der Waals surface area contributed by atoms with Crippen molar-refractivity contribution in [2.24, 2.45) is 4.99 Å². The van der Waals surface area contributed by atoms with Gasteiger partial charge in [-0.15, -0.1) is 0 Å². The van der Waals surface area contributed by atoms with Gasteiger partial charge in [0.25, 0.3) is 0 Å². The topological polar surface area (TPSA) is 45.4 Å². The highest BCUT2D eigenvalue weighted by Gasteiger charge is 2.22. The zero-order valence-electron chi connectivity index (χ0n) is 12.0. The average molecular weight is 286 g/mol. The SMILES string of the molecule is CCOC(C)=NC1=C(C#N)CP(c2ccccc2)CC1. The Morgan fingerprint density at radius 2 is 2.15 bits per heavy atom. The van der Waals surface area contributed by atoms with Crippen LogP contribution in [0.5, 0.6) is 0 Å². The van der Waals surface area contributed by atoms with E-state index in [4.69, 9.17) is 4.74 Å². The second kappa shape index (κ2) is 7.22. The summed E-state index contributed by atoms with van der Waals surface area (Å²) in [6, 6.07) is 12.8. The summed E-state index contributed by atoms with van der Waals surface area (Å²) >= 11 is 0. The predicted molar refractivity (Wildman–Crippen MR) is 84.7 cm³/mol. The second-order valence-corrected chi connectivity index (χ2v) is 6.97. The second-order valence-electron chi connectivity index (χ2n) is 4.61. The van der Waals surface area contributed by atoms with Gasteiger partial charge in [-0.1, -0.05) is 38.3 Å². The van der Waals surface area contributed by atoms with Gasteiger partial charge in [0.05, 0.1) is 23.9 Å². The molecule has 1 aromatic carbocycles. The van der Waals surface area contributed by atoms with Gasteiger partial charge in [0, 0.05) is 13.1 Å². The summed E-state index contributed by atoms with van der Waals surface area (Å²) in [5, 5.41) is 10.7. The number of hydrogen-bond donors (Lipinski definition) is 0. The third-order valence-electron chi connectivity index (χ3n) is 3.22. The zero-order valence-corrected chi connectivity index (χ0v) is 12.9. The Morgan fingerprint density at radius 3 is 2.80 bits per heavy atom. The van der Waals surface area contributed by atoms with Crippen molar-refractivity contribution in [3.8, 4) is 6.07 Å². The molecule has 0 N–H and O–H groups in total. The Balaban J connectivity index is 2.18. The summed E-state index contributed by atoms with van der Waals surface area (Å²) in [6.45, 7) is 4.40. The predicted octanol–water partition coefficient (Wildman–Crippen LogP) is 3.43. The number of nitriles is 1. The quantitative estimate of drug-likeness (QED) is 0.485. The minimum absolute atomic E-state index is 0.262. The first kappa shape index (κ1) is 14.8. The average Bonchev–Trinajstić information content (AvgIpc) is 2.49. The molecule has 4 heteroatoms. The van der Waals surface area contributed by atoms with E-state index in [9.17, 15) is 5.26 Å². The van der Waals surface area contributed by atoms with E-state index in [1.807, 2.05) is 19.9 Å². The van der Waals surface area contributed by atoms with Crippen molar-refractivity contribution in [2.75, 3.05) is 18.9 Å². The molecule has 0 bridgehead atoms. The maximum Gasteiger partial charge on any atom is 0.184 e. The number of aliphatic imine (C=N–C) groups is 1. The Hall–Kier alpha value is -1.65. The van der Waals surface area contributed by atoms with Gasteiger partial charge in [0.2, 0.25) is 0 Å². The van der Waals surface area contributed by atoms with E-state index in [0.717, 1.165) is 30.0 Å². The van der Waals surface area contributed by atoms with Crippen molar-refractivity contribution in [3.05, 3.63) is 41.6 Å². The zero-order chi connectivity index (χ0) is 14.4. The van der Waals surface area contributed by atoms with Crippen LogP contribution >= 0.6 is 7.92 Å². The van der Waals surface area contributed by atoms with Crippen molar-refractivity contribution in [1.82, 2.24) is 0 Å². The molecular weight excluding hydrogens is 267 g/mol. The van der Waals surface area contributed by atoms with Crippen LogP contribution in [0.3, 0.4) is 0 Å². The number of rotatable bonds is 3. The lowest BCUT2D eigenvalue weighted by molar-refractivity contribution is 0.324. The van der Waals surface area contributed by atoms with Crippen LogP contribution in [0.4, 0.5) is 0 Å². The molecule has 2 rings (SSSR count). The van der Waals surface area contributed by atoms with Crippen LogP contribution in [0, 0.1) is 11.3 Å². The summed E-state index contributed by atoms with van der Waals surface area (Å²) in [5.74, 6) is 0.654. The van der Waals surface area contributed by atoms with E-state index in [-0.39, 0.29) is 7.92 Å². The molecule has 104 valence electrons. The largest absolute Gasteiger partial charge is 0.481 e. The molecule has 1 atom stereocenters. The number of allylic oxidation sites excluding steroid dienone is 2. The molecule has 3 nitrogen and oxygen atoms in total. The summed E-state index contributed by atoms with van der Waals surface area (Å²) in [6.07, 6.45) is 2.81. The molecule has 0 saturated heterocycles. The molecule has 0 amide bonds. The molecule has 0 radical (unpaired) electrons. The first-order chi connectivity index (χ1) is 9.74. The Morgan fingerprint density at radius 1 is 1.40 bits per heavy atom. The van der Waals surface area contributed by atoms with Crippen molar-refractivity contribution in [1.29, 1.82) is 5.26 Å². The van der Waals surface area contributed by atoms with Crippen LogP contribution in [0.15, 0.2) is 46.6 Å². The highest BCUT2D eigenvalue weighted by Crippen LogP contribution is 2.43.